The Balaban J connectivity index is 1.06. The van der Waals surface area contributed by atoms with Gasteiger partial charge in [-0.15, -0.1) is 0 Å². The van der Waals surface area contributed by atoms with Crippen molar-refractivity contribution in [3.05, 3.63) is 259 Å². The molecule has 302 valence electrons. The van der Waals surface area contributed by atoms with Crippen molar-refractivity contribution in [2.24, 2.45) is 0 Å². The molecule has 65 heavy (non-hydrogen) atoms. The van der Waals surface area contributed by atoms with Crippen LogP contribution in [0.1, 0.15) is 22.3 Å². The number of ether oxygens (including phenoxy) is 1. The first-order valence-corrected chi connectivity index (χ1v) is 22.5. The molecule has 2 aliphatic carbocycles. The van der Waals surface area contributed by atoms with E-state index in [9.17, 15) is 0 Å². The maximum Gasteiger partial charge on any atom is 0.132 e. The first-order chi connectivity index (χ1) is 32.2. The second kappa shape index (κ2) is 13.8. The highest BCUT2D eigenvalue weighted by atomic mass is 16.5. The fraction of sp³-hybridized carbons (Fsp3) is 0.0159. The maximum atomic E-state index is 6.73. The van der Waals surface area contributed by atoms with E-state index in [1.54, 1.807) is 0 Å². The van der Waals surface area contributed by atoms with Gasteiger partial charge in [-0.05, 0) is 126 Å². The third-order valence-electron chi connectivity index (χ3n) is 14.2. The first kappa shape index (κ1) is 36.1. The van der Waals surface area contributed by atoms with Crippen LogP contribution in [0, 0.1) is 0 Å². The van der Waals surface area contributed by atoms with Gasteiger partial charge in [0.2, 0.25) is 0 Å². The lowest BCUT2D eigenvalue weighted by atomic mass is 9.66. The van der Waals surface area contributed by atoms with Crippen LogP contribution in [-0.2, 0) is 5.41 Å². The summed E-state index contributed by atoms with van der Waals surface area (Å²) in [6.07, 6.45) is 0. The Labute approximate surface area is 377 Å². The van der Waals surface area contributed by atoms with Gasteiger partial charge in [0, 0.05) is 33.3 Å². The van der Waals surface area contributed by atoms with Crippen molar-refractivity contribution in [2.75, 3.05) is 4.90 Å². The fourth-order valence-corrected chi connectivity index (χ4v) is 11.4. The molecule has 1 heterocycles. The van der Waals surface area contributed by atoms with E-state index in [1.165, 1.54) is 94.0 Å². The minimum Gasteiger partial charge on any atom is -0.457 e. The van der Waals surface area contributed by atoms with Crippen LogP contribution in [0.5, 0.6) is 11.5 Å². The summed E-state index contributed by atoms with van der Waals surface area (Å²) in [6.45, 7) is 0. The van der Waals surface area contributed by atoms with E-state index in [1.807, 2.05) is 0 Å². The van der Waals surface area contributed by atoms with Gasteiger partial charge in [-0.3, -0.25) is 0 Å². The van der Waals surface area contributed by atoms with Gasteiger partial charge >= 0.3 is 0 Å². The lowest BCUT2D eigenvalue weighted by molar-refractivity contribution is 0.436. The standard InChI is InChI=1S/C63H39NO/c1-3-16-40(17-4-1)42-32-34-47(35-33-42)64(57-27-15-26-56-61(57)49-22-9-10-23-53(49)63(56)54-24-11-13-28-58(54)65-59-29-14-12-25-55(59)63)62-48-21-8-7-20-45(48)38-52-50-39-46-36-43(41-18-5-2-6-19-41)30-31-44(46)37-51(50)60(52)62/h1-39H. The average molecular weight is 826 g/mol. The maximum absolute atomic E-state index is 6.73. The number of fused-ring (bicyclic) bond motifs is 15. The molecule has 11 aromatic rings. The molecule has 0 atom stereocenters. The molecular weight excluding hydrogens is 787 g/mol. The van der Waals surface area contributed by atoms with Gasteiger partial charge in [-0.2, -0.15) is 0 Å². The van der Waals surface area contributed by atoms with E-state index in [4.69, 9.17) is 4.74 Å². The number of para-hydroxylation sites is 2. The van der Waals surface area contributed by atoms with Gasteiger partial charge in [0.1, 0.15) is 11.5 Å². The Morgan fingerprint density at radius 2 is 0.892 bits per heavy atom. The molecule has 0 N–H and O–H groups in total. The lowest BCUT2D eigenvalue weighted by Gasteiger charge is -2.39. The quantitative estimate of drug-likeness (QED) is 0.171. The molecule has 0 aromatic heterocycles. The van der Waals surface area contributed by atoms with Crippen molar-refractivity contribution in [2.45, 2.75) is 5.41 Å². The summed E-state index contributed by atoms with van der Waals surface area (Å²) in [5.74, 6) is 1.78. The summed E-state index contributed by atoms with van der Waals surface area (Å²) in [4.78, 5) is 2.58. The molecule has 0 amide bonds. The van der Waals surface area contributed by atoms with Gasteiger partial charge in [-0.1, -0.05) is 182 Å². The van der Waals surface area contributed by atoms with Crippen LogP contribution < -0.4 is 9.64 Å². The fourth-order valence-electron chi connectivity index (χ4n) is 11.4. The largest absolute Gasteiger partial charge is 0.457 e. The van der Waals surface area contributed by atoms with Crippen molar-refractivity contribution in [3.63, 3.8) is 0 Å². The Morgan fingerprint density at radius 3 is 1.65 bits per heavy atom. The van der Waals surface area contributed by atoms with Crippen LogP contribution in [0.3, 0.4) is 0 Å². The van der Waals surface area contributed by atoms with Gasteiger partial charge in [-0.25, -0.2) is 0 Å². The van der Waals surface area contributed by atoms with E-state index >= 15 is 0 Å². The van der Waals surface area contributed by atoms with Crippen molar-refractivity contribution in [1.29, 1.82) is 0 Å². The summed E-state index contributed by atoms with van der Waals surface area (Å²) in [5.41, 5.74) is 20.1. The minimum atomic E-state index is -0.593. The van der Waals surface area contributed by atoms with Crippen LogP contribution in [0.2, 0.25) is 0 Å². The van der Waals surface area contributed by atoms with E-state index in [2.05, 4.69) is 241 Å². The molecule has 0 unspecified atom stereocenters. The Hall–Kier alpha value is -8.46. The summed E-state index contributed by atoms with van der Waals surface area (Å²) < 4.78 is 6.73. The van der Waals surface area contributed by atoms with Gasteiger partial charge in [0.25, 0.3) is 0 Å². The number of hydrogen-bond donors (Lipinski definition) is 0. The van der Waals surface area contributed by atoms with Gasteiger partial charge in [0.15, 0.2) is 0 Å². The molecule has 1 spiro atoms. The number of nitrogens with zero attached hydrogens (tertiary/aromatic N) is 1. The molecule has 0 saturated carbocycles. The van der Waals surface area contributed by atoms with Crippen LogP contribution >= 0.6 is 0 Å². The minimum absolute atomic E-state index is 0.593. The Kier molecular flexibility index (Phi) is 7.64. The summed E-state index contributed by atoms with van der Waals surface area (Å²) in [6, 6.07) is 87.0. The predicted molar refractivity (Wildman–Crippen MR) is 269 cm³/mol. The molecule has 11 aromatic carbocycles. The number of benzene rings is 11. The summed E-state index contributed by atoms with van der Waals surface area (Å²) >= 11 is 0. The molecule has 2 nitrogen and oxygen atoms in total. The number of rotatable bonds is 5. The molecule has 14 rings (SSSR count). The highest BCUT2D eigenvalue weighted by molar-refractivity contribution is 6.21. The second-order valence-corrected chi connectivity index (χ2v) is 17.5. The van der Waals surface area contributed by atoms with Gasteiger partial charge < -0.3 is 9.64 Å². The predicted octanol–water partition coefficient (Wildman–Crippen LogP) is 16.9. The zero-order chi connectivity index (χ0) is 42.6. The van der Waals surface area contributed by atoms with Crippen molar-refractivity contribution in [1.82, 2.24) is 0 Å². The molecule has 2 heteroatoms. The third-order valence-corrected chi connectivity index (χ3v) is 14.2. The van der Waals surface area contributed by atoms with E-state index < -0.39 is 5.41 Å². The lowest BCUT2D eigenvalue weighted by Crippen LogP contribution is -2.32. The molecule has 0 bridgehead atoms. The highest BCUT2D eigenvalue weighted by Crippen LogP contribution is 2.65. The van der Waals surface area contributed by atoms with Crippen molar-refractivity contribution < 1.29 is 4.74 Å². The topological polar surface area (TPSA) is 12.5 Å². The third kappa shape index (κ3) is 5.11. The highest BCUT2D eigenvalue weighted by Gasteiger charge is 2.52. The van der Waals surface area contributed by atoms with Crippen molar-refractivity contribution in [3.8, 4) is 67.1 Å². The zero-order valence-corrected chi connectivity index (χ0v) is 35.4. The second-order valence-electron chi connectivity index (χ2n) is 17.5. The number of hydrogen-bond acceptors (Lipinski definition) is 2. The normalized spacial score (nSPS) is 13.2. The summed E-state index contributed by atoms with van der Waals surface area (Å²) in [5, 5.41) is 4.91. The Bertz CT molecular complexity index is 3690. The van der Waals surface area contributed by atoms with E-state index in [-0.39, 0.29) is 0 Å². The smallest absolute Gasteiger partial charge is 0.132 e. The van der Waals surface area contributed by atoms with Crippen molar-refractivity contribution >= 4 is 38.6 Å². The number of anilines is 3. The summed E-state index contributed by atoms with van der Waals surface area (Å²) in [7, 11) is 0. The zero-order valence-electron chi connectivity index (χ0n) is 35.4. The van der Waals surface area contributed by atoms with Gasteiger partial charge in [0.05, 0.1) is 16.8 Å². The SMILES string of the molecule is c1ccc(-c2ccc(N(c3cccc4c3-c3ccccc3C43c4ccccc4Oc4ccccc43)c3c4c(cc5ccccc35)-c3cc5cc(-c6ccccc6)ccc5cc3-4)cc2)cc1. The average Bonchev–Trinajstić information content (AvgIpc) is 3.67. The molecule has 3 aliphatic rings. The molecule has 0 radical (unpaired) electrons. The van der Waals surface area contributed by atoms with E-state index in [0.717, 1.165) is 34.0 Å². The monoisotopic (exact) mass is 825 g/mol. The molecule has 0 fully saturated rings. The van der Waals surface area contributed by atoms with Crippen LogP contribution in [0.4, 0.5) is 17.1 Å². The molecule has 0 saturated heterocycles. The van der Waals surface area contributed by atoms with Crippen LogP contribution in [0.25, 0.3) is 77.2 Å². The first-order valence-electron chi connectivity index (χ1n) is 22.5. The molecule has 1 aliphatic heterocycles. The van der Waals surface area contributed by atoms with E-state index in [0.29, 0.717) is 0 Å². The Morgan fingerprint density at radius 1 is 0.323 bits per heavy atom. The molecular formula is C63H39NO. The van der Waals surface area contributed by atoms with Crippen LogP contribution in [-0.4, -0.2) is 0 Å². The van der Waals surface area contributed by atoms with Crippen LogP contribution in [0.15, 0.2) is 237 Å².